The Morgan fingerprint density at radius 1 is 0.914 bits per heavy atom. The summed E-state index contributed by atoms with van der Waals surface area (Å²) in [6, 6.07) is 11.6. The van der Waals surface area contributed by atoms with E-state index >= 15 is 0 Å². The van der Waals surface area contributed by atoms with Crippen LogP contribution in [0, 0.1) is 0 Å². The zero-order valence-corrected chi connectivity index (χ0v) is 21.1. The van der Waals surface area contributed by atoms with E-state index in [2.05, 4.69) is 6.92 Å². The van der Waals surface area contributed by atoms with E-state index in [1.165, 1.54) is 7.11 Å². The molecule has 0 aliphatic carbocycles. The second kappa shape index (κ2) is 14.4. The molecule has 0 unspecified atom stereocenters. The lowest BCUT2D eigenvalue weighted by Gasteiger charge is -2.22. The van der Waals surface area contributed by atoms with Crippen molar-refractivity contribution in [3.63, 3.8) is 0 Å². The lowest BCUT2D eigenvalue weighted by Crippen LogP contribution is -2.17. The van der Waals surface area contributed by atoms with E-state index < -0.39 is 0 Å². The number of ether oxygens (including phenoxy) is 4. The summed E-state index contributed by atoms with van der Waals surface area (Å²) in [5.41, 5.74) is 2.75. The van der Waals surface area contributed by atoms with Crippen molar-refractivity contribution in [2.24, 2.45) is 0 Å². The minimum atomic E-state index is -0.217. The van der Waals surface area contributed by atoms with Crippen LogP contribution in [0.1, 0.15) is 79.8 Å². The van der Waals surface area contributed by atoms with Crippen molar-refractivity contribution in [2.45, 2.75) is 71.1 Å². The molecule has 0 aromatic heterocycles. The summed E-state index contributed by atoms with van der Waals surface area (Å²) in [6.45, 7) is 3.86. The molecular weight excluding hydrogens is 444 g/mol. The van der Waals surface area contributed by atoms with Crippen molar-refractivity contribution in [1.82, 2.24) is 0 Å². The van der Waals surface area contributed by atoms with Crippen LogP contribution in [-0.2, 0) is 22.4 Å². The van der Waals surface area contributed by atoms with Crippen LogP contribution in [0.5, 0.6) is 17.2 Å². The van der Waals surface area contributed by atoms with Gasteiger partial charge in [-0.05, 0) is 62.3 Å². The number of esters is 1. The molecule has 1 aliphatic heterocycles. The average Bonchev–Trinajstić information content (AvgIpc) is 2.88. The van der Waals surface area contributed by atoms with Gasteiger partial charge < -0.3 is 18.9 Å². The summed E-state index contributed by atoms with van der Waals surface area (Å²) in [5, 5.41) is 0. The van der Waals surface area contributed by atoms with E-state index in [0.29, 0.717) is 44.6 Å². The molecule has 0 radical (unpaired) electrons. The zero-order chi connectivity index (χ0) is 24.9. The largest absolute Gasteiger partial charge is 0.493 e. The third-order valence-corrected chi connectivity index (χ3v) is 6.23. The first-order chi connectivity index (χ1) is 17.1. The van der Waals surface area contributed by atoms with Crippen molar-refractivity contribution in [2.75, 3.05) is 26.9 Å². The molecule has 2 aromatic carbocycles. The molecule has 2 aromatic rings. The number of hydrogen-bond donors (Lipinski definition) is 0. The van der Waals surface area contributed by atoms with Crippen LogP contribution in [0.3, 0.4) is 0 Å². The molecule has 1 aliphatic rings. The summed E-state index contributed by atoms with van der Waals surface area (Å²) in [5.74, 6) is 2.33. The van der Waals surface area contributed by atoms with Gasteiger partial charge in [-0.1, -0.05) is 38.0 Å². The molecule has 0 spiro atoms. The first kappa shape index (κ1) is 26.6. The Morgan fingerprint density at radius 2 is 1.69 bits per heavy atom. The maximum atomic E-state index is 12.3. The van der Waals surface area contributed by atoms with Gasteiger partial charge in [-0.3, -0.25) is 9.59 Å². The molecule has 0 saturated heterocycles. The molecule has 0 bridgehead atoms. The highest BCUT2D eigenvalue weighted by Crippen LogP contribution is 2.37. The fourth-order valence-corrected chi connectivity index (χ4v) is 4.23. The van der Waals surface area contributed by atoms with E-state index in [-0.39, 0.29) is 11.8 Å². The first-order valence-corrected chi connectivity index (χ1v) is 12.9. The highest BCUT2D eigenvalue weighted by Gasteiger charge is 2.24. The number of hydrogen-bond acceptors (Lipinski definition) is 6. The van der Waals surface area contributed by atoms with Crippen molar-refractivity contribution in [3.8, 4) is 17.2 Å². The van der Waals surface area contributed by atoms with E-state index in [1.54, 1.807) is 0 Å². The molecule has 0 amide bonds. The number of carbonyl (C=O) groups excluding carboxylic acids is 2. The van der Waals surface area contributed by atoms with Crippen LogP contribution in [0.4, 0.5) is 0 Å². The lowest BCUT2D eigenvalue weighted by molar-refractivity contribution is -0.140. The molecular formula is C29H38O6. The molecule has 1 heterocycles. The summed E-state index contributed by atoms with van der Waals surface area (Å²) in [6.07, 6.45) is 8.41. The number of aryl methyl sites for hydroxylation is 1. The Balaban J connectivity index is 1.44. The van der Waals surface area contributed by atoms with Crippen LogP contribution in [0.15, 0.2) is 36.4 Å². The fourth-order valence-electron chi connectivity index (χ4n) is 4.23. The van der Waals surface area contributed by atoms with Crippen molar-refractivity contribution < 1.29 is 28.5 Å². The number of fused-ring (bicyclic) bond motifs is 1. The maximum Gasteiger partial charge on any atom is 0.305 e. The molecule has 6 nitrogen and oxygen atoms in total. The lowest BCUT2D eigenvalue weighted by atomic mass is 9.97. The summed E-state index contributed by atoms with van der Waals surface area (Å²) < 4.78 is 22.7. The van der Waals surface area contributed by atoms with Gasteiger partial charge in [0.05, 0.1) is 32.5 Å². The van der Waals surface area contributed by atoms with Gasteiger partial charge in [0.15, 0.2) is 5.78 Å². The number of benzene rings is 2. The molecule has 35 heavy (non-hydrogen) atoms. The van der Waals surface area contributed by atoms with Gasteiger partial charge >= 0.3 is 5.97 Å². The van der Waals surface area contributed by atoms with E-state index in [0.717, 1.165) is 73.3 Å². The number of ketones is 1. The minimum Gasteiger partial charge on any atom is -0.493 e. The standard InChI is InChI=1S/C29H38O6/c1-3-4-6-12-24-27(16-15-23-25(30)18-21-35-29(23)24)34-20-10-5-9-19-33-26-13-8-7-11-22(26)14-17-28(31)32-2/h7-8,11,13,15-16H,3-6,9-10,12,14,17-21H2,1-2H3. The van der Waals surface area contributed by atoms with Gasteiger partial charge in [0.25, 0.3) is 0 Å². The summed E-state index contributed by atoms with van der Waals surface area (Å²) in [4.78, 5) is 23.7. The van der Waals surface area contributed by atoms with Crippen molar-refractivity contribution >= 4 is 11.8 Å². The smallest absolute Gasteiger partial charge is 0.305 e. The molecule has 190 valence electrons. The Morgan fingerprint density at radius 3 is 2.46 bits per heavy atom. The third-order valence-electron chi connectivity index (χ3n) is 6.23. The molecule has 0 saturated carbocycles. The predicted molar refractivity (Wildman–Crippen MR) is 136 cm³/mol. The Labute approximate surface area is 208 Å². The number of rotatable bonds is 15. The molecule has 0 fully saturated rings. The van der Waals surface area contributed by atoms with Gasteiger partial charge in [0.2, 0.25) is 0 Å². The normalized spacial score (nSPS) is 12.6. The quantitative estimate of drug-likeness (QED) is 0.225. The van der Waals surface area contributed by atoms with E-state index in [4.69, 9.17) is 18.9 Å². The number of para-hydroxylation sites is 1. The highest BCUT2D eigenvalue weighted by atomic mass is 16.5. The third kappa shape index (κ3) is 8.01. The topological polar surface area (TPSA) is 71.1 Å². The van der Waals surface area contributed by atoms with Crippen LogP contribution in [-0.4, -0.2) is 38.7 Å². The fraction of sp³-hybridized carbons (Fsp3) is 0.517. The molecule has 0 N–H and O–H groups in total. The Hall–Kier alpha value is -3.02. The monoisotopic (exact) mass is 482 g/mol. The maximum absolute atomic E-state index is 12.3. The number of unbranched alkanes of at least 4 members (excludes halogenated alkanes) is 4. The number of Topliss-reactive ketones (excluding diaryl/α,β-unsaturated/α-hetero) is 1. The predicted octanol–water partition coefficient (Wildman–Crippen LogP) is 6.12. The van der Waals surface area contributed by atoms with Crippen molar-refractivity contribution in [3.05, 3.63) is 53.1 Å². The highest BCUT2D eigenvalue weighted by molar-refractivity contribution is 6.00. The molecule has 3 rings (SSSR count). The van der Waals surface area contributed by atoms with Crippen LogP contribution in [0.2, 0.25) is 0 Å². The number of carbonyl (C=O) groups is 2. The van der Waals surface area contributed by atoms with Gasteiger partial charge in [0.1, 0.15) is 17.2 Å². The summed E-state index contributed by atoms with van der Waals surface area (Å²) >= 11 is 0. The van der Waals surface area contributed by atoms with E-state index in [1.807, 2.05) is 36.4 Å². The van der Waals surface area contributed by atoms with Gasteiger partial charge in [-0.2, -0.15) is 0 Å². The Kier molecular flexibility index (Phi) is 10.9. The second-order valence-corrected chi connectivity index (χ2v) is 8.84. The average molecular weight is 483 g/mol. The molecule has 6 heteroatoms. The van der Waals surface area contributed by atoms with Crippen molar-refractivity contribution in [1.29, 1.82) is 0 Å². The second-order valence-electron chi connectivity index (χ2n) is 8.84. The van der Waals surface area contributed by atoms with Crippen LogP contribution >= 0.6 is 0 Å². The van der Waals surface area contributed by atoms with Crippen LogP contribution < -0.4 is 14.2 Å². The minimum absolute atomic E-state index is 0.154. The SMILES string of the molecule is CCCCCc1c(OCCCCCOc2ccccc2CCC(=O)OC)ccc2c1OCCC2=O. The van der Waals surface area contributed by atoms with Gasteiger partial charge in [0, 0.05) is 18.4 Å². The van der Waals surface area contributed by atoms with E-state index in [9.17, 15) is 9.59 Å². The van der Waals surface area contributed by atoms with Gasteiger partial charge in [-0.15, -0.1) is 0 Å². The summed E-state index contributed by atoms with van der Waals surface area (Å²) in [7, 11) is 1.40. The van der Waals surface area contributed by atoms with Gasteiger partial charge in [-0.25, -0.2) is 0 Å². The molecule has 0 atom stereocenters. The number of methoxy groups -OCH3 is 1. The zero-order valence-electron chi connectivity index (χ0n) is 21.1. The first-order valence-electron chi connectivity index (χ1n) is 12.9. The Bertz CT molecular complexity index is 968. The van der Waals surface area contributed by atoms with Crippen LogP contribution in [0.25, 0.3) is 0 Å².